The summed E-state index contributed by atoms with van der Waals surface area (Å²) in [5.41, 5.74) is -0.466. The van der Waals surface area contributed by atoms with E-state index < -0.39 is 11.2 Å². The predicted octanol–water partition coefficient (Wildman–Crippen LogP) is 0.677. The molecule has 3 aromatic heterocycles. The van der Waals surface area contributed by atoms with Crippen LogP contribution in [0, 0.1) is 0 Å². The Balaban J connectivity index is 2.10. The molecule has 0 aliphatic rings. The molecule has 0 saturated carbocycles. The van der Waals surface area contributed by atoms with Crippen molar-refractivity contribution in [3.8, 4) is 0 Å². The number of fused-ring (bicyclic) bond motifs is 1. The zero-order valence-electron chi connectivity index (χ0n) is 10.7. The molecule has 0 amide bonds. The Morgan fingerprint density at radius 2 is 2.14 bits per heavy atom. The zero-order chi connectivity index (χ0) is 15.1. The van der Waals surface area contributed by atoms with Crippen molar-refractivity contribution in [2.45, 2.75) is 6.54 Å². The van der Waals surface area contributed by atoms with E-state index in [1.807, 2.05) is 0 Å². The van der Waals surface area contributed by atoms with E-state index in [0.29, 0.717) is 16.9 Å². The lowest BCUT2D eigenvalue weighted by Gasteiger charge is -2.05. The summed E-state index contributed by atoms with van der Waals surface area (Å²) in [7, 11) is 1.73. The standard InChI is InChI=1S/C11H8BrClN6O2/c1-18-9-5(2-14-18)8(13)15-7(16-9)4-19-3-6(12)10(20)17-11(19)21/h2-3H,4H2,1H3,(H,17,20,21). The summed E-state index contributed by atoms with van der Waals surface area (Å²) in [6.07, 6.45) is 2.95. The Bertz CT molecular complexity index is 959. The highest BCUT2D eigenvalue weighted by Gasteiger charge is 2.11. The normalized spacial score (nSPS) is 11.2. The smallest absolute Gasteiger partial charge is 0.292 e. The van der Waals surface area contributed by atoms with Crippen LogP contribution in [0.4, 0.5) is 0 Å². The van der Waals surface area contributed by atoms with Crippen molar-refractivity contribution in [2.24, 2.45) is 7.05 Å². The van der Waals surface area contributed by atoms with Gasteiger partial charge in [-0.15, -0.1) is 0 Å². The van der Waals surface area contributed by atoms with E-state index in [1.165, 1.54) is 10.8 Å². The molecule has 0 saturated heterocycles. The first kappa shape index (κ1) is 14.0. The third-order valence-corrected chi connectivity index (χ3v) is 3.72. The molecule has 1 N–H and O–H groups in total. The molecule has 0 aliphatic heterocycles. The van der Waals surface area contributed by atoms with Gasteiger partial charge in [0.2, 0.25) is 0 Å². The number of aromatic amines is 1. The quantitative estimate of drug-likeness (QED) is 0.668. The fourth-order valence-electron chi connectivity index (χ4n) is 1.85. The maximum atomic E-state index is 11.7. The van der Waals surface area contributed by atoms with E-state index in [9.17, 15) is 9.59 Å². The Morgan fingerprint density at radius 1 is 1.38 bits per heavy atom. The van der Waals surface area contributed by atoms with Crippen LogP contribution < -0.4 is 11.2 Å². The van der Waals surface area contributed by atoms with Gasteiger partial charge < -0.3 is 0 Å². The number of nitrogens with one attached hydrogen (secondary N) is 1. The fraction of sp³-hybridized carbons (Fsp3) is 0.182. The highest BCUT2D eigenvalue weighted by molar-refractivity contribution is 9.10. The summed E-state index contributed by atoms with van der Waals surface area (Å²) in [6, 6.07) is 0. The lowest BCUT2D eigenvalue weighted by molar-refractivity contribution is 0.681. The number of hydrogen-bond donors (Lipinski definition) is 1. The monoisotopic (exact) mass is 370 g/mol. The maximum Gasteiger partial charge on any atom is 0.328 e. The van der Waals surface area contributed by atoms with Crippen molar-refractivity contribution in [2.75, 3.05) is 0 Å². The third kappa shape index (κ3) is 2.49. The van der Waals surface area contributed by atoms with E-state index in [2.05, 4.69) is 36.0 Å². The van der Waals surface area contributed by atoms with Gasteiger partial charge >= 0.3 is 5.69 Å². The highest BCUT2D eigenvalue weighted by atomic mass is 79.9. The van der Waals surface area contributed by atoms with Crippen molar-refractivity contribution < 1.29 is 0 Å². The predicted molar refractivity (Wildman–Crippen MR) is 79.4 cm³/mol. The minimum absolute atomic E-state index is 0.0784. The molecule has 3 aromatic rings. The molecule has 108 valence electrons. The molecule has 0 aliphatic carbocycles. The number of halogens is 2. The van der Waals surface area contributed by atoms with E-state index in [1.54, 1.807) is 17.9 Å². The van der Waals surface area contributed by atoms with Crippen molar-refractivity contribution in [1.29, 1.82) is 0 Å². The Kier molecular flexibility index (Phi) is 3.38. The van der Waals surface area contributed by atoms with Gasteiger partial charge in [0, 0.05) is 13.2 Å². The molecular weight excluding hydrogens is 364 g/mol. The van der Waals surface area contributed by atoms with Crippen LogP contribution in [0.3, 0.4) is 0 Å². The maximum absolute atomic E-state index is 11.7. The van der Waals surface area contributed by atoms with Gasteiger partial charge in [0.05, 0.1) is 22.6 Å². The summed E-state index contributed by atoms with van der Waals surface area (Å²) in [5.74, 6) is 0.345. The SMILES string of the molecule is Cn1ncc2c(Cl)nc(Cn3cc(Br)c(=O)[nH]c3=O)nc21. The van der Waals surface area contributed by atoms with E-state index in [0.717, 1.165) is 0 Å². The van der Waals surface area contributed by atoms with Crippen molar-refractivity contribution >= 4 is 38.6 Å². The molecule has 0 unspecified atom stereocenters. The first-order chi connectivity index (χ1) is 9.95. The topological polar surface area (TPSA) is 98.5 Å². The van der Waals surface area contributed by atoms with Crippen LogP contribution in [-0.4, -0.2) is 29.3 Å². The molecule has 0 radical (unpaired) electrons. The molecule has 0 fully saturated rings. The number of hydrogen-bond acceptors (Lipinski definition) is 5. The van der Waals surface area contributed by atoms with Crippen LogP contribution in [0.25, 0.3) is 11.0 Å². The number of aromatic nitrogens is 6. The third-order valence-electron chi connectivity index (χ3n) is 2.87. The van der Waals surface area contributed by atoms with Crippen LogP contribution in [0.2, 0.25) is 5.15 Å². The Morgan fingerprint density at radius 3 is 2.90 bits per heavy atom. The van der Waals surface area contributed by atoms with Crippen molar-refractivity contribution in [3.63, 3.8) is 0 Å². The summed E-state index contributed by atoms with van der Waals surface area (Å²) in [5, 5.41) is 4.95. The average molecular weight is 372 g/mol. The minimum Gasteiger partial charge on any atom is -0.292 e. The molecular formula is C11H8BrClN6O2. The van der Waals surface area contributed by atoms with Crippen LogP contribution in [-0.2, 0) is 13.6 Å². The lowest BCUT2D eigenvalue weighted by atomic mass is 10.4. The first-order valence-electron chi connectivity index (χ1n) is 5.79. The van der Waals surface area contributed by atoms with Crippen LogP contribution in [0.1, 0.15) is 5.82 Å². The second-order valence-electron chi connectivity index (χ2n) is 4.30. The zero-order valence-corrected chi connectivity index (χ0v) is 13.0. The molecule has 0 bridgehead atoms. The first-order valence-corrected chi connectivity index (χ1v) is 6.96. The second kappa shape index (κ2) is 5.08. The average Bonchev–Trinajstić information content (AvgIpc) is 2.78. The second-order valence-corrected chi connectivity index (χ2v) is 5.51. The van der Waals surface area contributed by atoms with E-state index in [4.69, 9.17) is 11.6 Å². The molecule has 0 atom stereocenters. The number of aryl methyl sites for hydroxylation is 1. The number of nitrogens with zero attached hydrogens (tertiary/aromatic N) is 5. The molecule has 10 heteroatoms. The number of H-pyrrole nitrogens is 1. The molecule has 3 rings (SSSR count). The minimum atomic E-state index is -0.548. The van der Waals surface area contributed by atoms with Crippen LogP contribution in [0.15, 0.2) is 26.5 Å². The van der Waals surface area contributed by atoms with Gasteiger partial charge in [-0.25, -0.2) is 14.8 Å². The summed E-state index contributed by atoms with van der Waals surface area (Å²) >= 11 is 9.15. The van der Waals surface area contributed by atoms with Gasteiger partial charge in [-0.05, 0) is 15.9 Å². The molecule has 3 heterocycles. The van der Waals surface area contributed by atoms with Crippen molar-refractivity contribution in [3.05, 3.63) is 48.7 Å². The van der Waals surface area contributed by atoms with Crippen LogP contribution >= 0.6 is 27.5 Å². The van der Waals surface area contributed by atoms with Gasteiger partial charge in [-0.3, -0.25) is 19.0 Å². The fourth-order valence-corrected chi connectivity index (χ4v) is 2.43. The largest absolute Gasteiger partial charge is 0.328 e. The summed E-state index contributed by atoms with van der Waals surface area (Å²) < 4.78 is 3.09. The highest BCUT2D eigenvalue weighted by Crippen LogP contribution is 2.19. The Labute approximate surface area is 130 Å². The van der Waals surface area contributed by atoms with Gasteiger partial charge in [-0.1, -0.05) is 11.6 Å². The summed E-state index contributed by atoms with van der Waals surface area (Å²) in [6.45, 7) is 0.0784. The van der Waals surface area contributed by atoms with E-state index in [-0.39, 0.29) is 16.2 Å². The lowest BCUT2D eigenvalue weighted by Crippen LogP contribution is -2.30. The van der Waals surface area contributed by atoms with Gasteiger partial charge in [0.25, 0.3) is 5.56 Å². The Hall–Kier alpha value is -2.00. The van der Waals surface area contributed by atoms with Crippen LogP contribution in [0.5, 0.6) is 0 Å². The number of rotatable bonds is 2. The molecule has 21 heavy (non-hydrogen) atoms. The van der Waals surface area contributed by atoms with Gasteiger partial charge in [0.1, 0.15) is 5.15 Å². The molecule has 8 nitrogen and oxygen atoms in total. The van der Waals surface area contributed by atoms with Crippen molar-refractivity contribution in [1.82, 2.24) is 29.3 Å². The summed E-state index contributed by atoms with van der Waals surface area (Å²) in [4.78, 5) is 33.7. The van der Waals surface area contributed by atoms with Gasteiger partial charge in [-0.2, -0.15) is 5.10 Å². The molecule has 0 spiro atoms. The van der Waals surface area contributed by atoms with E-state index >= 15 is 0 Å². The van der Waals surface area contributed by atoms with Gasteiger partial charge in [0.15, 0.2) is 11.5 Å². The molecule has 0 aromatic carbocycles.